The van der Waals surface area contributed by atoms with E-state index in [0.717, 1.165) is 16.5 Å². The second-order valence-electron chi connectivity index (χ2n) is 5.72. The van der Waals surface area contributed by atoms with Crippen molar-refractivity contribution >= 4 is 28.5 Å². The summed E-state index contributed by atoms with van der Waals surface area (Å²) < 4.78 is 5.30. The molecule has 2 rings (SSSR count). The summed E-state index contributed by atoms with van der Waals surface area (Å²) in [5, 5.41) is 10.1. The zero-order valence-corrected chi connectivity index (χ0v) is 14.7. The quantitative estimate of drug-likeness (QED) is 0.645. The number of allylic oxidation sites excluding steroid dienone is 1. The first-order chi connectivity index (χ1) is 12.0. The highest BCUT2D eigenvalue weighted by molar-refractivity contribution is 6.33. The number of rotatable bonds is 6. The van der Waals surface area contributed by atoms with Crippen molar-refractivity contribution < 1.29 is 19.4 Å². The van der Waals surface area contributed by atoms with Gasteiger partial charge in [-0.05, 0) is 32.9 Å². The molecule has 0 aliphatic rings. The molecule has 0 unspecified atom stereocenters. The van der Waals surface area contributed by atoms with E-state index in [9.17, 15) is 14.7 Å². The first-order valence-electron chi connectivity index (χ1n) is 8.10. The molecule has 0 saturated heterocycles. The van der Waals surface area contributed by atoms with Gasteiger partial charge in [0.2, 0.25) is 0 Å². The number of pyridine rings is 1. The van der Waals surface area contributed by atoms with E-state index >= 15 is 0 Å². The van der Waals surface area contributed by atoms with Gasteiger partial charge >= 0.3 is 11.9 Å². The number of para-hydroxylation sites is 1. The summed E-state index contributed by atoms with van der Waals surface area (Å²) in [5.74, 6) is -2.48. The molecule has 1 aromatic heterocycles. The second kappa shape index (κ2) is 8.39. The van der Waals surface area contributed by atoms with Crippen LogP contribution in [-0.4, -0.2) is 46.6 Å². The zero-order valence-electron chi connectivity index (χ0n) is 14.7. The average Bonchev–Trinajstić information content (AvgIpc) is 2.59. The Balaban J connectivity index is 2.49. The Morgan fingerprint density at radius 1 is 1.24 bits per heavy atom. The molecule has 25 heavy (non-hydrogen) atoms. The smallest absolute Gasteiger partial charge is 0.394 e. The van der Waals surface area contributed by atoms with Gasteiger partial charge in [-0.25, -0.2) is 4.79 Å². The fourth-order valence-corrected chi connectivity index (χ4v) is 2.65. The summed E-state index contributed by atoms with van der Waals surface area (Å²) >= 11 is 0. The number of nitrogens with zero attached hydrogens (tertiary/aromatic N) is 2. The van der Waals surface area contributed by atoms with E-state index < -0.39 is 11.9 Å². The highest BCUT2D eigenvalue weighted by atomic mass is 16.5. The van der Waals surface area contributed by atoms with E-state index in [4.69, 9.17) is 4.74 Å². The van der Waals surface area contributed by atoms with Gasteiger partial charge in [-0.15, -0.1) is 0 Å². The number of carboxylic acid groups (broad SMARTS) is 1. The minimum Gasteiger partial charge on any atom is -0.474 e. The molecule has 2 aromatic rings. The lowest BCUT2D eigenvalue weighted by molar-refractivity contribution is -0.154. The van der Waals surface area contributed by atoms with Gasteiger partial charge in [0.1, 0.15) is 0 Å². The van der Waals surface area contributed by atoms with Crippen molar-refractivity contribution in [1.82, 2.24) is 9.88 Å². The zero-order chi connectivity index (χ0) is 18.4. The van der Waals surface area contributed by atoms with Crippen LogP contribution in [0.15, 0.2) is 42.1 Å². The lowest BCUT2D eigenvalue weighted by atomic mass is 10.1. The molecule has 0 saturated carbocycles. The fourth-order valence-electron chi connectivity index (χ4n) is 2.65. The van der Waals surface area contributed by atoms with Crippen LogP contribution in [0.3, 0.4) is 0 Å². The summed E-state index contributed by atoms with van der Waals surface area (Å²) in [7, 11) is 0. The van der Waals surface area contributed by atoms with Gasteiger partial charge in [0.15, 0.2) is 0 Å². The average molecular weight is 342 g/mol. The molecule has 1 aromatic carbocycles. The predicted octanol–water partition coefficient (Wildman–Crippen LogP) is 2.94. The van der Waals surface area contributed by atoms with Crippen molar-refractivity contribution in [2.75, 3.05) is 19.8 Å². The van der Waals surface area contributed by atoms with Crippen LogP contribution in [0, 0.1) is 0 Å². The van der Waals surface area contributed by atoms with Gasteiger partial charge < -0.3 is 9.84 Å². The number of carbonyl (C=O) groups is 2. The van der Waals surface area contributed by atoms with Crippen molar-refractivity contribution in [3.05, 3.63) is 47.7 Å². The predicted molar refractivity (Wildman–Crippen MR) is 95.9 cm³/mol. The van der Waals surface area contributed by atoms with Gasteiger partial charge in [0.05, 0.1) is 17.8 Å². The fraction of sp³-hybridized carbons (Fsp3) is 0.316. The van der Waals surface area contributed by atoms with Crippen molar-refractivity contribution in [3.8, 4) is 0 Å². The van der Waals surface area contributed by atoms with Crippen LogP contribution in [0.2, 0.25) is 0 Å². The van der Waals surface area contributed by atoms with Gasteiger partial charge in [-0.3, -0.25) is 14.7 Å². The van der Waals surface area contributed by atoms with Crippen LogP contribution in [-0.2, 0) is 14.3 Å². The minimum absolute atomic E-state index is 0.159. The molecule has 0 spiro atoms. The summed E-state index contributed by atoms with van der Waals surface area (Å²) in [4.78, 5) is 29.2. The minimum atomic E-state index is -1.50. The third-order valence-corrected chi connectivity index (χ3v) is 3.70. The summed E-state index contributed by atoms with van der Waals surface area (Å²) in [5.41, 5.74) is 2.91. The van der Waals surface area contributed by atoms with Gasteiger partial charge in [0.25, 0.3) is 0 Å². The molecule has 6 nitrogen and oxygen atoms in total. The molecule has 6 heteroatoms. The van der Waals surface area contributed by atoms with E-state index in [1.807, 2.05) is 51.1 Å². The van der Waals surface area contributed by atoms with Crippen LogP contribution in [0.5, 0.6) is 0 Å². The Bertz CT molecular complexity index is 810. The van der Waals surface area contributed by atoms with Gasteiger partial charge in [-0.2, -0.15) is 0 Å². The second-order valence-corrected chi connectivity index (χ2v) is 5.72. The number of carbonyl (C=O) groups excluding carboxylic acids is 1. The van der Waals surface area contributed by atoms with Crippen molar-refractivity contribution in [1.29, 1.82) is 0 Å². The SMILES string of the molecule is CCOCCN(C(=O)C(=O)O)C(=C(C)C)c1cnc2ccccc2c1. The van der Waals surface area contributed by atoms with Crippen LogP contribution in [0.25, 0.3) is 16.6 Å². The maximum Gasteiger partial charge on any atom is 0.394 e. The first-order valence-corrected chi connectivity index (χ1v) is 8.10. The summed E-state index contributed by atoms with van der Waals surface area (Å²) in [6.07, 6.45) is 1.66. The monoisotopic (exact) mass is 342 g/mol. The molecular weight excluding hydrogens is 320 g/mol. The van der Waals surface area contributed by atoms with Crippen LogP contribution < -0.4 is 0 Å². The Morgan fingerprint density at radius 3 is 2.60 bits per heavy atom. The molecular formula is C19H22N2O4. The molecule has 0 bridgehead atoms. The third kappa shape index (κ3) is 4.42. The van der Waals surface area contributed by atoms with Crippen molar-refractivity contribution in [2.24, 2.45) is 0 Å². The number of aliphatic carboxylic acids is 1. The normalized spacial score (nSPS) is 10.5. The molecule has 1 amide bonds. The number of ether oxygens (including phenoxy) is 1. The number of aromatic nitrogens is 1. The highest BCUT2D eigenvalue weighted by Gasteiger charge is 2.26. The Morgan fingerprint density at radius 2 is 1.96 bits per heavy atom. The maximum absolute atomic E-state index is 12.2. The molecule has 0 fully saturated rings. The molecule has 0 aliphatic carbocycles. The van der Waals surface area contributed by atoms with Gasteiger partial charge in [-0.1, -0.05) is 23.8 Å². The number of fused-ring (bicyclic) bond motifs is 1. The molecule has 0 atom stereocenters. The molecule has 1 N–H and O–H groups in total. The van der Waals surface area contributed by atoms with E-state index in [1.165, 1.54) is 4.90 Å². The molecule has 0 aliphatic heterocycles. The third-order valence-electron chi connectivity index (χ3n) is 3.70. The maximum atomic E-state index is 12.2. The standard InChI is InChI=1S/C19H22N2O4/c1-4-25-10-9-21(18(22)19(23)24)17(13(2)3)15-11-14-7-5-6-8-16(14)20-12-15/h5-8,11-12H,4,9-10H2,1-3H3,(H,23,24). The van der Waals surface area contributed by atoms with Crippen LogP contribution >= 0.6 is 0 Å². The molecule has 132 valence electrons. The number of hydrogen-bond acceptors (Lipinski definition) is 4. The highest BCUT2D eigenvalue weighted by Crippen LogP contribution is 2.25. The lowest BCUT2D eigenvalue weighted by Crippen LogP contribution is -2.38. The van der Waals surface area contributed by atoms with E-state index in [1.54, 1.807) is 6.20 Å². The number of hydrogen-bond donors (Lipinski definition) is 1. The summed E-state index contributed by atoms with van der Waals surface area (Å²) in [6.45, 7) is 6.44. The van der Waals surface area contributed by atoms with Crippen molar-refractivity contribution in [3.63, 3.8) is 0 Å². The lowest BCUT2D eigenvalue weighted by Gasteiger charge is -2.25. The Labute approximate surface area is 146 Å². The number of carboxylic acids is 1. The topological polar surface area (TPSA) is 79.7 Å². The summed E-state index contributed by atoms with van der Waals surface area (Å²) in [6, 6.07) is 9.55. The first kappa shape index (κ1) is 18.6. The molecule has 1 heterocycles. The Hall–Kier alpha value is -2.73. The largest absolute Gasteiger partial charge is 0.474 e. The van der Waals surface area contributed by atoms with E-state index in [-0.39, 0.29) is 13.2 Å². The number of amides is 1. The van der Waals surface area contributed by atoms with Gasteiger partial charge in [0, 0.05) is 30.3 Å². The molecule has 0 radical (unpaired) electrons. The Kier molecular flexibility index (Phi) is 6.25. The number of benzene rings is 1. The van der Waals surface area contributed by atoms with Crippen molar-refractivity contribution in [2.45, 2.75) is 20.8 Å². The van der Waals surface area contributed by atoms with Crippen LogP contribution in [0.4, 0.5) is 0 Å². The van der Waals surface area contributed by atoms with E-state index in [0.29, 0.717) is 17.9 Å². The van der Waals surface area contributed by atoms with Crippen LogP contribution in [0.1, 0.15) is 26.3 Å². The van der Waals surface area contributed by atoms with E-state index in [2.05, 4.69) is 4.98 Å².